The number of aliphatic carboxylic acids is 1. The van der Waals surface area contributed by atoms with Crippen LogP contribution in [-0.2, 0) is 4.79 Å². The van der Waals surface area contributed by atoms with Crippen LogP contribution in [0.4, 0.5) is 4.79 Å². The summed E-state index contributed by atoms with van der Waals surface area (Å²) in [5, 5.41) is 12.0. The number of carboxylic acid groups (broad SMARTS) is 1. The summed E-state index contributed by atoms with van der Waals surface area (Å²) in [6.07, 6.45) is 1.65. The van der Waals surface area contributed by atoms with Gasteiger partial charge >= 0.3 is 12.0 Å². The number of hydrogen-bond acceptors (Lipinski definition) is 3. The van der Waals surface area contributed by atoms with Crippen molar-refractivity contribution in [1.29, 1.82) is 0 Å². The smallest absolute Gasteiger partial charge is 0.314 e. The molecule has 0 saturated carbocycles. The van der Waals surface area contributed by atoms with E-state index in [1.807, 2.05) is 6.92 Å². The van der Waals surface area contributed by atoms with Gasteiger partial charge in [-0.05, 0) is 25.3 Å². The lowest BCUT2D eigenvalue weighted by molar-refractivity contribution is -0.137. The highest BCUT2D eigenvalue weighted by atomic mass is 16.4. The molecule has 1 fully saturated rings. The van der Waals surface area contributed by atoms with Gasteiger partial charge in [0.15, 0.2) is 0 Å². The van der Waals surface area contributed by atoms with Crippen molar-refractivity contribution in [2.45, 2.75) is 32.2 Å². The fourth-order valence-electron chi connectivity index (χ4n) is 2.36. The summed E-state index contributed by atoms with van der Waals surface area (Å²) in [5.41, 5.74) is 5.29. The minimum atomic E-state index is -0.791. The van der Waals surface area contributed by atoms with E-state index in [1.54, 1.807) is 4.90 Å². The number of carbonyl (C=O) groups excluding carboxylic acids is 1. The van der Waals surface area contributed by atoms with Crippen LogP contribution in [0.15, 0.2) is 0 Å². The van der Waals surface area contributed by atoms with Gasteiger partial charge in [0.25, 0.3) is 0 Å². The highest BCUT2D eigenvalue weighted by molar-refractivity contribution is 5.72. The Morgan fingerprint density at radius 2 is 2.18 bits per heavy atom. The van der Waals surface area contributed by atoms with Crippen molar-refractivity contribution < 1.29 is 14.7 Å². The van der Waals surface area contributed by atoms with Crippen molar-refractivity contribution in [3.8, 4) is 0 Å². The molecular formula is C11H21N3O3. The minimum Gasteiger partial charge on any atom is -0.481 e. The van der Waals surface area contributed by atoms with Gasteiger partial charge in [0, 0.05) is 25.6 Å². The third-order valence-electron chi connectivity index (χ3n) is 3.11. The summed E-state index contributed by atoms with van der Waals surface area (Å²) in [6, 6.07) is -0.201. The van der Waals surface area contributed by atoms with E-state index in [0.717, 1.165) is 13.0 Å². The summed E-state index contributed by atoms with van der Waals surface area (Å²) in [6.45, 7) is 4.04. The van der Waals surface area contributed by atoms with Gasteiger partial charge in [-0.1, -0.05) is 6.92 Å². The number of nitrogens with one attached hydrogen (secondary N) is 1. The number of piperidine rings is 1. The third kappa shape index (κ3) is 4.60. The van der Waals surface area contributed by atoms with Crippen LogP contribution >= 0.6 is 0 Å². The van der Waals surface area contributed by atoms with Gasteiger partial charge in [-0.2, -0.15) is 0 Å². The Bertz CT molecular complexity index is 283. The van der Waals surface area contributed by atoms with Crippen molar-refractivity contribution in [3.63, 3.8) is 0 Å². The predicted octanol–water partition coefficient (Wildman–Crippen LogP) is 0.230. The molecular weight excluding hydrogens is 222 g/mol. The van der Waals surface area contributed by atoms with Crippen LogP contribution < -0.4 is 11.1 Å². The van der Waals surface area contributed by atoms with Crippen LogP contribution in [-0.4, -0.2) is 47.7 Å². The molecule has 0 bridgehead atoms. The Morgan fingerprint density at radius 1 is 1.47 bits per heavy atom. The first kappa shape index (κ1) is 13.8. The van der Waals surface area contributed by atoms with E-state index in [2.05, 4.69) is 5.32 Å². The maximum atomic E-state index is 11.2. The number of rotatable bonds is 5. The molecule has 4 N–H and O–H groups in total. The Labute approximate surface area is 101 Å². The zero-order valence-electron chi connectivity index (χ0n) is 10.2. The molecule has 2 unspecified atom stereocenters. The Morgan fingerprint density at radius 3 is 2.71 bits per heavy atom. The summed E-state index contributed by atoms with van der Waals surface area (Å²) in [7, 11) is 0. The first-order valence-electron chi connectivity index (χ1n) is 6.02. The average molecular weight is 243 g/mol. The van der Waals surface area contributed by atoms with Crippen LogP contribution in [0.3, 0.4) is 0 Å². The molecule has 0 aromatic carbocycles. The lowest BCUT2D eigenvalue weighted by atomic mass is 9.90. The minimum absolute atomic E-state index is 0.149. The molecule has 1 heterocycles. The third-order valence-corrected chi connectivity index (χ3v) is 3.11. The Kier molecular flexibility index (Phi) is 5.21. The number of hydrogen-bond donors (Lipinski definition) is 3. The molecule has 17 heavy (non-hydrogen) atoms. The molecule has 0 spiro atoms. The van der Waals surface area contributed by atoms with Crippen LogP contribution in [0.25, 0.3) is 0 Å². The zero-order chi connectivity index (χ0) is 12.8. The maximum Gasteiger partial charge on any atom is 0.314 e. The van der Waals surface area contributed by atoms with Gasteiger partial charge in [0.05, 0.1) is 0 Å². The molecule has 2 amide bonds. The van der Waals surface area contributed by atoms with Gasteiger partial charge in [-0.15, -0.1) is 0 Å². The quantitative estimate of drug-likeness (QED) is 0.644. The summed E-state index contributed by atoms with van der Waals surface area (Å²) >= 11 is 0. The van der Waals surface area contributed by atoms with Gasteiger partial charge in [-0.3, -0.25) is 4.79 Å². The van der Waals surface area contributed by atoms with Crippen molar-refractivity contribution >= 4 is 12.0 Å². The SMILES string of the molecule is CCNC1CC(CCC(=O)O)CN(C(N)=O)C1. The second-order valence-electron chi connectivity index (χ2n) is 4.53. The second kappa shape index (κ2) is 6.44. The number of urea groups is 1. The molecule has 0 aromatic heterocycles. The monoisotopic (exact) mass is 243 g/mol. The number of carboxylic acids is 1. The first-order valence-corrected chi connectivity index (χ1v) is 6.02. The number of primary amides is 1. The molecule has 0 aliphatic carbocycles. The van der Waals surface area contributed by atoms with Crippen molar-refractivity contribution in [2.24, 2.45) is 11.7 Å². The van der Waals surface area contributed by atoms with E-state index >= 15 is 0 Å². The molecule has 98 valence electrons. The number of nitrogens with two attached hydrogens (primary N) is 1. The molecule has 0 aromatic rings. The van der Waals surface area contributed by atoms with Crippen LogP contribution in [0.2, 0.25) is 0 Å². The number of carbonyl (C=O) groups is 2. The molecule has 1 aliphatic rings. The molecule has 6 nitrogen and oxygen atoms in total. The summed E-state index contributed by atoms with van der Waals surface area (Å²) < 4.78 is 0. The zero-order valence-corrected chi connectivity index (χ0v) is 10.2. The fraction of sp³-hybridized carbons (Fsp3) is 0.818. The number of likely N-dealkylation sites (N-methyl/N-ethyl adjacent to an activating group) is 1. The first-order chi connectivity index (χ1) is 8.02. The lowest BCUT2D eigenvalue weighted by Gasteiger charge is -2.37. The van der Waals surface area contributed by atoms with Crippen molar-refractivity contribution in [1.82, 2.24) is 10.2 Å². The highest BCUT2D eigenvalue weighted by Gasteiger charge is 2.28. The Hall–Kier alpha value is -1.30. The second-order valence-corrected chi connectivity index (χ2v) is 4.53. The van der Waals surface area contributed by atoms with Gasteiger partial charge in [-0.25, -0.2) is 4.79 Å². The standard InChI is InChI=1S/C11H21N3O3/c1-2-13-9-5-8(3-4-10(15)16)6-14(7-9)11(12)17/h8-9,13H,2-7H2,1H3,(H2,12,17)(H,15,16). The van der Waals surface area contributed by atoms with Gasteiger partial charge < -0.3 is 21.1 Å². The van der Waals surface area contributed by atoms with Crippen molar-refractivity contribution in [2.75, 3.05) is 19.6 Å². The van der Waals surface area contributed by atoms with E-state index in [1.165, 1.54) is 0 Å². The van der Waals surface area contributed by atoms with E-state index in [9.17, 15) is 9.59 Å². The average Bonchev–Trinajstić information content (AvgIpc) is 2.26. The normalized spacial score (nSPS) is 24.6. The van der Waals surface area contributed by atoms with E-state index in [-0.39, 0.29) is 18.4 Å². The van der Waals surface area contributed by atoms with Gasteiger partial charge in [0.2, 0.25) is 0 Å². The summed E-state index contributed by atoms with van der Waals surface area (Å²) in [5.74, 6) is -0.572. The molecule has 2 atom stereocenters. The topological polar surface area (TPSA) is 95.7 Å². The van der Waals surface area contributed by atoms with Crippen molar-refractivity contribution in [3.05, 3.63) is 0 Å². The van der Waals surface area contributed by atoms with Crippen LogP contribution in [0, 0.1) is 5.92 Å². The van der Waals surface area contributed by atoms with Crippen LogP contribution in [0.1, 0.15) is 26.2 Å². The van der Waals surface area contributed by atoms with E-state index in [4.69, 9.17) is 10.8 Å². The summed E-state index contributed by atoms with van der Waals surface area (Å²) in [4.78, 5) is 23.3. The number of amides is 2. The fourth-order valence-corrected chi connectivity index (χ4v) is 2.36. The van der Waals surface area contributed by atoms with Gasteiger partial charge in [0.1, 0.15) is 0 Å². The maximum absolute atomic E-state index is 11.2. The highest BCUT2D eigenvalue weighted by Crippen LogP contribution is 2.21. The number of likely N-dealkylation sites (tertiary alicyclic amines) is 1. The molecule has 1 rings (SSSR count). The molecule has 1 aliphatic heterocycles. The molecule has 1 saturated heterocycles. The molecule has 6 heteroatoms. The van der Waals surface area contributed by atoms with E-state index in [0.29, 0.717) is 19.5 Å². The van der Waals surface area contributed by atoms with Crippen LogP contribution in [0.5, 0.6) is 0 Å². The number of nitrogens with zero attached hydrogens (tertiary/aromatic N) is 1. The lowest BCUT2D eigenvalue weighted by Crippen LogP contribution is -2.52. The largest absolute Gasteiger partial charge is 0.481 e. The molecule has 0 radical (unpaired) electrons. The van der Waals surface area contributed by atoms with E-state index < -0.39 is 12.0 Å². The predicted molar refractivity (Wildman–Crippen MR) is 63.6 cm³/mol. The Balaban J connectivity index is 2.52.